The van der Waals surface area contributed by atoms with Crippen molar-refractivity contribution in [3.63, 3.8) is 0 Å². The van der Waals surface area contributed by atoms with Crippen LogP contribution in [0, 0.1) is 6.92 Å². The number of furan rings is 1. The van der Waals surface area contributed by atoms with Crippen LogP contribution in [0.25, 0.3) is 17.0 Å². The van der Waals surface area contributed by atoms with Crippen LogP contribution >= 0.6 is 0 Å². The Hall–Kier alpha value is -3.29. The lowest BCUT2D eigenvalue weighted by atomic mass is 10.1. The van der Waals surface area contributed by atoms with E-state index in [1.165, 1.54) is 0 Å². The molecule has 5 rings (SSSR count). The maximum Gasteiger partial charge on any atom is 0.206 e. The quantitative estimate of drug-likeness (QED) is 0.470. The minimum atomic E-state index is -3.66. The van der Waals surface area contributed by atoms with Crippen LogP contribution in [0.1, 0.15) is 28.6 Å². The van der Waals surface area contributed by atoms with Crippen molar-refractivity contribution in [2.45, 2.75) is 24.5 Å². The van der Waals surface area contributed by atoms with Crippen LogP contribution in [0.3, 0.4) is 0 Å². The summed E-state index contributed by atoms with van der Waals surface area (Å²) < 4.78 is 38.1. The van der Waals surface area contributed by atoms with E-state index < -0.39 is 15.9 Å². The summed E-state index contributed by atoms with van der Waals surface area (Å²) >= 11 is 0. The third-order valence-corrected chi connectivity index (χ3v) is 7.01. The van der Waals surface area contributed by atoms with E-state index in [0.29, 0.717) is 16.3 Å². The van der Waals surface area contributed by atoms with Gasteiger partial charge in [-0.15, -0.1) is 0 Å². The first-order valence-corrected chi connectivity index (χ1v) is 10.9. The lowest BCUT2D eigenvalue weighted by Gasteiger charge is -2.20. The van der Waals surface area contributed by atoms with Crippen molar-refractivity contribution in [1.82, 2.24) is 9.97 Å². The Kier molecular flexibility index (Phi) is 4.49. The molecule has 2 aromatic heterocycles. The van der Waals surface area contributed by atoms with E-state index in [9.17, 15) is 8.42 Å². The number of nitrogens with zero attached hydrogens (tertiary/aromatic N) is 2. The Morgan fingerprint density at radius 2 is 1.87 bits per heavy atom. The minimum absolute atomic E-state index is 0.178. The fourth-order valence-electron chi connectivity index (χ4n) is 3.58. The maximum absolute atomic E-state index is 13.3. The van der Waals surface area contributed by atoms with Gasteiger partial charge in [0, 0.05) is 23.3 Å². The van der Waals surface area contributed by atoms with Crippen molar-refractivity contribution in [1.29, 1.82) is 0 Å². The molecule has 1 aliphatic rings. The molecule has 0 saturated heterocycles. The van der Waals surface area contributed by atoms with Crippen LogP contribution in [-0.2, 0) is 21.2 Å². The van der Waals surface area contributed by atoms with Gasteiger partial charge in [0.15, 0.2) is 0 Å². The molecule has 0 spiro atoms. The number of benzene rings is 2. The molecular formula is C23H18N2O4S. The normalized spacial score (nSPS) is 15.7. The second kappa shape index (κ2) is 7.19. The molecule has 1 aliphatic heterocycles. The third-order valence-electron chi connectivity index (χ3n) is 5.11. The first-order valence-electron chi connectivity index (χ1n) is 9.44. The Labute approximate surface area is 173 Å². The SMILES string of the molecule is Cc1ncc(COC(C2=Cc3ccccc3S2(=O)=O)c2ccc3occc3c2)cn1. The molecule has 0 radical (unpaired) electrons. The lowest BCUT2D eigenvalue weighted by Crippen LogP contribution is -2.13. The molecule has 3 heterocycles. The van der Waals surface area contributed by atoms with Gasteiger partial charge in [-0.1, -0.05) is 24.3 Å². The number of rotatable bonds is 5. The van der Waals surface area contributed by atoms with Crippen molar-refractivity contribution >= 4 is 26.9 Å². The topological polar surface area (TPSA) is 82.3 Å². The van der Waals surface area contributed by atoms with Gasteiger partial charge in [-0.2, -0.15) is 0 Å². The molecule has 0 amide bonds. The lowest BCUT2D eigenvalue weighted by molar-refractivity contribution is 0.0690. The van der Waals surface area contributed by atoms with Crippen LogP contribution in [0.4, 0.5) is 0 Å². The van der Waals surface area contributed by atoms with E-state index in [0.717, 1.165) is 22.1 Å². The number of ether oxygens (including phenoxy) is 1. The predicted octanol–water partition coefficient (Wildman–Crippen LogP) is 4.62. The summed E-state index contributed by atoms with van der Waals surface area (Å²) in [6.45, 7) is 1.98. The van der Waals surface area contributed by atoms with Crippen LogP contribution in [0.5, 0.6) is 0 Å². The van der Waals surface area contributed by atoms with Crippen molar-refractivity contribution in [2.24, 2.45) is 0 Å². The molecule has 1 atom stereocenters. The van der Waals surface area contributed by atoms with Gasteiger partial charge >= 0.3 is 0 Å². The molecule has 0 N–H and O–H groups in total. The van der Waals surface area contributed by atoms with Gasteiger partial charge in [0.1, 0.15) is 17.5 Å². The van der Waals surface area contributed by atoms with Crippen LogP contribution in [0.2, 0.25) is 0 Å². The Morgan fingerprint density at radius 3 is 2.67 bits per heavy atom. The van der Waals surface area contributed by atoms with Gasteiger partial charge in [-0.05, 0) is 48.4 Å². The molecule has 4 aromatic rings. The summed E-state index contributed by atoms with van der Waals surface area (Å²) in [6, 6.07) is 14.4. The molecule has 2 aromatic carbocycles. The summed E-state index contributed by atoms with van der Waals surface area (Å²) in [5.74, 6) is 0.664. The highest BCUT2D eigenvalue weighted by Crippen LogP contribution is 2.42. The van der Waals surface area contributed by atoms with E-state index in [1.54, 1.807) is 49.9 Å². The molecule has 6 nitrogen and oxygen atoms in total. The number of hydrogen-bond acceptors (Lipinski definition) is 6. The van der Waals surface area contributed by atoms with Crippen LogP contribution < -0.4 is 0 Å². The molecule has 7 heteroatoms. The average molecular weight is 418 g/mol. The van der Waals surface area contributed by atoms with E-state index >= 15 is 0 Å². The number of hydrogen-bond donors (Lipinski definition) is 0. The van der Waals surface area contributed by atoms with Gasteiger partial charge < -0.3 is 9.15 Å². The van der Waals surface area contributed by atoms with E-state index in [-0.39, 0.29) is 11.5 Å². The standard InChI is InChI=1S/C23H18N2O4S/c1-15-24-12-16(13-25-15)14-29-23(19-6-7-20-17(10-19)8-9-28-20)22-11-18-4-2-3-5-21(18)30(22,26)27/h2-13,23H,14H2,1H3. The van der Waals surface area contributed by atoms with E-state index in [1.807, 2.05) is 30.3 Å². The summed E-state index contributed by atoms with van der Waals surface area (Å²) in [5, 5.41) is 0.883. The second-order valence-electron chi connectivity index (χ2n) is 7.14. The van der Waals surface area contributed by atoms with Crippen molar-refractivity contribution < 1.29 is 17.6 Å². The summed E-state index contributed by atoms with van der Waals surface area (Å²) in [4.78, 5) is 8.90. The number of sulfone groups is 1. The Bertz CT molecular complexity index is 1370. The smallest absolute Gasteiger partial charge is 0.206 e. The molecule has 0 fully saturated rings. The zero-order chi connectivity index (χ0) is 20.7. The number of aryl methyl sites for hydroxylation is 1. The second-order valence-corrected chi connectivity index (χ2v) is 9.05. The Morgan fingerprint density at radius 1 is 1.07 bits per heavy atom. The van der Waals surface area contributed by atoms with Crippen molar-refractivity contribution in [3.05, 3.63) is 94.6 Å². The fraction of sp³-hybridized carbons (Fsp3) is 0.130. The average Bonchev–Trinajstić information content (AvgIpc) is 3.32. The van der Waals surface area contributed by atoms with Gasteiger partial charge in [-0.25, -0.2) is 18.4 Å². The molecule has 150 valence electrons. The molecular weight excluding hydrogens is 400 g/mol. The van der Waals surface area contributed by atoms with Gasteiger partial charge in [-0.3, -0.25) is 0 Å². The van der Waals surface area contributed by atoms with Crippen molar-refractivity contribution in [2.75, 3.05) is 0 Å². The third kappa shape index (κ3) is 3.22. The van der Waals surface area contributed by atoms with Crippen LogP contribution in [0.15, 0.2) is 81.4 Å². The number of aromatic nitrogens is 2. The summed E-state index contributed by atoms with van der Waals surface area (Å²) in [7, 11) is -3.66. The molecule has 30 heavy (non-hydrogen) atoms. The first kappa shape index (κ1) is 18.7. The van der Waals surface area contributed by atoms with Gasteiger partial charge in [0.25, 0.3) is 0 Å². The highest BCUT2D eigenvalue weighted by atomic mass is 32.2. The zero-order valence-electron chi connectivity index (χ0n) is 16.1. The maximum atomic E-state index is 13.3. The highest BCUT2D eigenvalue weighted by molar-refractivity contribution is 7.95. The summed E-state index contributed by atoms with van der Waals surface area (Å²) in [5.41, 5.74) is 2.91. The van der Waals surface area contributed by atoms with Crippen molar-refractivity contribution in [3.8, 4) is 0 Å². The monoisotopic (exact) mass is 418 g/mol. The van der Waals surface area contributed by atoms with E-state index in [2.05, 4.69) is 9.97 Å². The first-order chi connectivity index (χ1) is 14.5. The molecule has 0 bridgehead atoms. The molecule has 0 saturated carbocycles. The zero-order valence-corrected chi connectivity index (χ0v) is 17.0. The fourth-order valence-corrected chi connectivity index (χ4v) is 5.30. The van der Waals surface area contributed by atoms with Crippen LogP contribution in [-0.4, -0.2) is 18.4 Å². The van der Waals surface area contributed by atoms with Gasteiger partial charge in [0.05, 0.1) is 22.7 Å². The van der Waals surface area contributed by atoms with Gasteiger partial charge in [0.2, 0.25) is 9.84 Å². The minimum Gasteiger partial charge on any atom is -0.464 e. The molecule has 1 unspecified atom stereocenters. The largest absolute Gasteiger partial charge is 0.464 e. The molecule has 0 aliphatic carbocycles. The van der Waals surface area contributed by atoms with E-state index in [4.69, 9.17) is 9.15 Å². The highest BCUT2D eigenvalue weighted by Gasteiger charge is 2.36. The summed E-state index contributed by atoms with van der Waals surface area (Å²) in [6.07, 6.45) is 5.90. The number of fused-ring (bicyclic) bond motifs is 2. The predicted molar refractivity (Wildman–Crippen MR) is 112 cm³/mol. The Balaban J connectivity index is 1.57.